The van der Waals surface area contributed by atoms with Crippen LogP contribution in [-0.2, 0) is 29.8 Å². The van der Waals surface area contributed by atoms with E-state index in [2.05, 4.69) is 92.7 Å². The first-order chi connectivity index (χ1) is 10.7. The van der Waals surface area contributed by atoms with E-state index >= 15 is 0 Å². The third-order valence-electron chi connectivity index (χ3n) is 4.85. The predicted octanol–water partition coefficient (Wildman–Crippen LogP) is 5.70. The Labute approximate surface area is 142 Å². The summed E-state index contributed by atoms with van der Waals surface area (Å²) in [5.41, 5.74) is 4.62. The number of hydrogen-bond donors (Lipinski definition) is 0. The second-order valence-corrected chi connectivity index (χ2v) is 16.9. The zero-order valence-electron chi connectivity index (χ0n) is 13.4. The minimum absolute atomic E-state index is 0.371. The van der Waals surface area contributed by atoms with E-state index in [1.165, 1.54) is 19.5 Å². The molecule has 1 unspecified atom stereocenters. The molecular formula is C21H23Hf. The van der Waals surface area contributed by atoms with Crippen molar-refractivity contribution in [3.8, 4) is 0 Å². The summed E-state index contributed by atoms with van der Waals surface area (Å²) in [7, 11) is 0. The average Bonchev–Trinajstić information content (AvgIpc) is 2.89. The topological polar surface area (TPSA) is 0 Å². The summed E-state index contributed by atoms with van der Waals surface area (Å²) in [6, 6.07) is 22.2. The van der Waals surface area contributed by atoms with Crippen molar-refractivity contribution in [2.75, 3.05) is 0 Å². The molecule has 0 bridgehead atoms. The summed E-state index contributed by atoms with van der Waals surface area (Å²) in [6.45, 7) is 4.80. The molecule has 0 saturated heterocycles. The average molecular weight is 454 g/mol. The maximum absolute atomic E-state index is 2.48. The predicted molar refractivity (Wildman–Crippen MR) is 91.6 cm³/mol. The molecule has 0 spiro atoms. The first kappa shape index (κ1) is 15.7. The van der Waals surface area contributed by atoms with Crippen molar-refractivity contribution in [3.63, 3.8) is 0 Å². The molecule has 0 fully saturated rings. The molecule has 1 heteroatoms. The molecule has 0 saturated carbocycles. The molecule has 0 aromatic heterocycles. The van der Waals surface area contributed by atoms with Crippen molar-refractivity contribution >= 4 is 0 Å². The van der Waals surface area contributed by atoms with Crippen molar-refractivity contribution in [1.82, 2.24) is 0 Å². The molecule has 1 aliphatic rings. The number of rotatable bonds is 5. The van der Waals surface area contributed by atoms with E-state index in [1.54, 1.807) is 5.57 Å². The van der Waals surface area contributed by atoms with Crippen LogP contribution in [0.15, 0.2) is 84.5 Å². The van der Waals surface area contributed by atoms with E-state index in [-0.39, 0.29) is 0 Å². The Morgan fingerprint density at radius 1 is 0.818 bits per heavy atom. The Kier molecular flexibility index (Phi) is 4.93. The van der Waals surface area contributed by atoms with Crippen LogP contribution in [-0.4, -0.2) is 0 Å². The van der Waals surface area contributed by atoms with Crippen molar-refractivity contribution in [3.05, 3.63) is 95.6 Å². The zero-order valence-corrected chi connectivity index (χ0v) is 17.0. The van der Waals surface area contributed by atoms with Crippen molar-refractivity contribution < 1.29 is 21.4 Å². The van der Waals surface area contributed by atoms with Crippen molar-refractivity contribution in [2.24, 2.45) is 0 Å². The van der Waals surface area contributed by atoms with Crippen LogP contribution < -0.4 is 0 Å². The summed E-state index contributed by atoms with van der Waals surface area (Å²) in [5.74, 6) is 0. The minimum atomic E-state index is -1.94. The van der Waals surface area contributed by atoms with Gasteiger partial charge in [-0.3, -0.25) is 0 Å². The van der Waals surface area contributed by atoms with Gasteiger partial charge in [-0.15, -0.1) is 0 Å². The maximum atomic E-state index is 2.48. The van der Waals surface area contributed by atoms with E-state index in [4.69, 9.17) is 0 Å². The Bertz CT molecular complexity index is 628. The Morgan fingerprint density at radius 3 is 1.73 bits per heavy atom. The number of benzene rings is 2. The van der Waals surface area contributed by atoms with Gasteiger partial charge in [-0.25, -0.2) is 0 Å². The van der Waals surface area contributed by atoms with Crippen LogP contribution in [0.3, 0.4) is 0 Å². The van der Waals surface area contributed by atoms with Crippen LogP contribution in [0.4, 0.5) is 0 Å². The van der Waals surface area contributed by atoms with E-state index in [1.807, 2.05) is 0 Å². The Morgan fingerprint density at radius 2 is 1.32 bits per heavy atom. The van der Waals surface area contributed by atoms with E-state index < -0.39 is 21.4 Å². The molecule has 2 aromatic rings. The Balaban J connectivity index is 1.89. The van der Waals surface area contributed by atoms with Gasteiger partial charge in [0, 0.05) is 0 Å². The molecule has 0 heterocycles. The Hall–Kier alpha value is -1.21. The van der Waals surface area contributed by atoms with E-state index in [9.17, 15) is 0 Å². The van der Waals surface area contributed by atoms with Crippen LogP contribution in [0.25, 0.3) is 0 Å². The summed E-state index contributed by atoms with van der Waals surface area (Å²) in [4.78, 5) is 0. The number of allylic oxidation sites excluding steroid dienone is 4. The molecule has 3 rings (SSSR count). The molecule has 0 N–H and O–H groups in total. The molecule has 111 valence electrons. The molecule has 1 atom stereocenters. The quantitative estimate of drug-likeness (QED) is 0.509. The van der Waals surface area contributed by atoms with Gasteiger partial charge in [-0.1, -0.05) is 0 Å². The van der Waals surface area contributed by atoms with Gasteiger partial charge in [0.1, 0.15) is 0 Å². The molecule has 0 aliphatic heterocycles. The third kappa shape index (κ3) is 3.41. The monoisotopic (exact) mass is 455 g/mol. The van der Waals surface area contributed by atoms with Gasteiger partial charge in [-0.05, 0) is 0 Å². The van der Waals surface area contributed by atoms with Gasteiger partial charge in [0.2, 0.25) is 0 Å². The molecule has 1 aliphatic carbocycles. The summed E-state index contributed by atoms with van der Waals surface area (Å²) < 4.78 is 3.02. The van der Waals surface area contributed by atoms with Gasteiger partial charge < -0.3 is 0 Å². The second kappa shape index (κ2) is 6.91. The van der Waals surface area contributed by atoms with Gasteiger partial charge in [0.15, 0.2) is 0 Å². The zero-order chi connectivity index (χ0) is 15.4. The molecule has 0 radical (unpaired) electrons. The molecular weight excluding hydrogens is 431 g/mol. The third-order valence-corrected chi connectivity index (χ3v) is 18.1. The molecule has 0 amide bonds. The number of hydrogen-bond acceptors (Lipinski definition) is 0. The van der Waals surface area contributed by atoms with Gasteiger partial charge in [0.25, 0.3) is 0 Å². The molecule has 0 nitrogen and oxygen atoms in total. The van der Waals surface area contributed by atoms with E-state index in [0.717, 1.165) is 0 Å². The fraction of sp³-hybridized carbons (Fsp3) is 0.238. The van der Waals surface area contributed by atoms with Crippen molar-refractivity contribution in [2.45, 2.75) is 25.4 Å². The van der Waals surface area contributed by atoms with E-state index in [0.29, 0.717) is 3.17 Å². The molecule has 22 heavy (non-hydrogen) atoms. The fourth-order valence-electron chi connectivity index (χ4n) is 3.20. The van der Waals surface area contributed by atoms with Crippen LogP contribution in [0, 0.1) is 0 Å². The summed E-state index contributed by atoms with van der Waals surface area (Å²) in [6.07, 6.45) is 7.08. The van der Waals surface area contributed by atoms with Gasteiger partial charge in [0.05, 0.1) is 0 Å². The molecule has 2 aromatic carbocycles. The van der Waals surface area contributed by atoms with Gasteiger partial charge >= 0.3 is 142 Å². The first-order valence-electron chi connectivity index (χ1n) is 7.98. The van der Waals surface area contributed by atoms with Gasteiger partial charge in [-0.2, -0.15) is 0 Å². The van der Waals surface area contributed by atoms with Crippen LogP contribution >= 0.6 is 0 Å². The second-order valence-electron chi connectivity index (χ2n) is 6.34. The van der Waals surface area contributed by atoms with Crippen LogP contribution in [0.2, 0.25) is 3.17 Å². The van der Waals surface area contributed by atoms with Crippen LogP contribution in [0.1, 0.15) is 25.0 Å². The summed E-state index contributed by atoms with van der Waals surface area (Å²) >= 11 is -1.94. The van der Waals surface area contributed by atoms with Crippen molar-refractivity contribution in [1.29, 1.82) is 0 Å². The standard InChI is InChI=1S/C7H9.2C7H7.Hf/c1-6-4-3-5-7(6)2;2*1-7-5-3-2-4-6-7;/h3-5H,1-2H3;2*2-6H,1H2;. The van der Waals surface area contributed by atoms with Crippen LogP contribution in [0.5, 0.6) is 0 Å². The summed E-state index contributed by atoms with van der Waals surface area (Å²) in [5, 5.41) is 0. The SMILES string of the molecule is CC1=CC=C[C]1(C)[Hf]([CH2]c1ccccc1)[CH2]c1ccccc1. The fourth-order valence-corrected chi connectivity index (χ4v) is 15.0. The normalized spacial score (nSPS) is 20.0. The first-order valence-corrected chi connectivity index (χ1v) is 14.9.